The minimum absolute atomic E-state index is 0.0442. The summed E-state index contributed by atoms with van der Waals surface area (Å²) < 4.78 is 30.1. The molecule has 2 fully saturated rings. The van der Waals surface area contributed by atoms with E-state index in [9.17, 15) is 9.59 Å². The lowest BCUT2D eigenvalue weighted by Crippen LogP contribution is -2.62. The van der Waals surface area contributed by atoms with Crippen LogP contribution in [0.5, 0.6) is 11.5 Å². The second-order valence-corrected chi connectivity index (χ2v) is 8.85. The fraction of sp³-hybridized carbons (Fsp3) is 0.636. The van der Waals surface area contributed by atoms with Crippen LogP contribution in [0.2, 0.25) is 0 Å². The van der Waals surface area contributed by atoms with Crippen LogP contribution in [0, 0.1) is 0 Å². The number of methoxy groups -OCH3 is 1. The molecule has 1 saturated heterocycles. The van der Waals surface area contributed by atoms with Crippen LogP contribution in [0.15, 0.2) is 18.2 Å². The molecule has 1 saturated carbocycles. The van der Waals surface area contributed by atoms with Gasteiger partial charge in [-0.25, -0.2) is 0 Å². The number of fused-ring (bicyclic) bond motifs is 5. The quantitative estimate of drug-likeness (QED) is 0.691. The SMILES string of the molecule is COc1cccc2c1O[C@@H]1C[C@@H](OC(C)=O)[C@@H]3OC(C)(C)O[C@@H]3[C@]21CC(=O)N(C)C. The van der Waals surface area contributed by atoms with Crippen LogP contribution in [-0.4, -0.2) is 68.2 Å². The molecule has 1 aromatic rings. The van der Waals surface area contributed by atoms with Crippen LogP contribution in [0.1, 0.15) is 39.2 Å². The van der Waals surface area contributed by atoms with Crippen molar-refractivity contribution in [2.75, 3.05) is 21.2 Å². The standard InChI is InChI=1S/C22H29NO7/c1-12(24)27-15-10-16-22(11-17(25)23(4)5,20-19(15)29-21(2,3)30-20)13-8-7-9-14(26-6)18(13)28-16/h7-9,15-16,19-20H,10-11H2,1-6H3/t15-,16-,19+,20+,22-/m1/s1. The molecule has 0 bridgehead atoms. The van der Waals surface area contributed by atoms with Crippen molar-refractivity contribution in [3.05, 3.63) is 23.8 Å². The summed E-state index contributed by atoms with van der Waals surface area (Å²) in [7, 11) is 5.05. The normalized spacial score (nSPS) is 33.0. The van der Waals surface area contributed by atoms with Crippen molar-refractivity contribution in [2.45, 2.75) is 69.2 Å². The number of rotatable bonds is 4. The van der Waals surface area contributed by atoms with Gasteiger partial charge in [-0.2, -0.15) is 0 Å². The average Bonchev–Trinajstić information content (AvgIpc) is 3.16. The van der Waals surface area contributed by atoms with Crippen molar-refractivity contribution in [1.82, 2.24) is 4.90 Å². The maximum absolute atomic E-state index is 13.0. The Balaban J connectivity index is 1.88. The van der Waals surface area contributed by atoms with E-state index in [0.717, 1.165) is 5.56 Å². The van der Waals surface area contributed by atoms with Crippen LogP contribution < -0.4 is 9.47 Å². The van der Waals surface area contributed by atoms with E-state index in [4.69, 9.17) is 23.7 Å². The van der Waals surface area contributed by atoms with Gasteiger partial charge in [-0.1, -0.05) is 12.1 Å². The predicted molar refractivity (Wildman–Crippen MR) is 106 cm³/mol. The molecule has 8 nitrogen and oxygen atoms in total. The number of nitrogens with zero attached hydrogens (tertiary/aromatic N) is 1. The summed E-state index contributed by atoms with van der Waals surface area (Å²) in [6.07, 6.45) is -1.46. The highest BCUT2D eigenvalue weighted by atomic mass is 16.8. The predicted octanol–water partition coefficient (Wildman–Crippen LogP) is 2.03. The van der Waals surface area contributed by atoms with Gasteiger partial charge in [0.05, 0.1) is 12.5 Å². The molecule has 164 valence electrons. The third-order valence-electron chi connectivity index (χ3n) is 6.24. The van der Waals surface area contributed by atoms with Crippen LogP contribution in [-0.2, 0) is 29.2 Å². The van der Waals surface area contributed by atoms with Crippen LogP contribution >= 0.6 is 0 Å². The second-order valence-electron chi connectivity index (χ2n) is 8.85. The largest absolute Gasteiger partial charge is 0.493 e. The van der Waals surface area contributed by atoms with Gasteiger partial charge in [-0.3, -0.25) is 9.59 Å². The van der Waals surface area contributed by atoms with Crippen molar-refractivity contribution in [1.29, 1.82) is 0 Å². The van der Waals surface area contributed by atoms with Crippen molar-refractivity contribution >= 4 is 11.9 Å². The van der Waals surface area contributed by atoms with E-state index in [2.05, 4.69) is 0 Å². The number of esters is 1. The molecule has 0 unspecified atom stereocenters. The molecule has 3 aliphatic rings. The number of hydrogen-bond donors (Lipinski definition) is 0. The van der Waals surface area contributed by atoms with Crippen LogP contribution in [0.25, 0.3) is 0 Å². The van der Waals surface area contributed by atoms with Gasteiger partial charge >= 0.3 is 5.97 Å². The molecule has 4 rings (SSSR count). The summed E-state index contributed by atoms with van der Waals surface area (Å²) in [5.74, 6) is -0.128. The zero-order valence-electron chi connectivity index (χ0n) is 18.3. The fourth-order valence-electron chi connectivity index (χ4n) is 5.03. The summed E-state index contributed by atoms with van der Waals surface area (Å²) in [5.41, 5.74) is 0.0694. The van der Waals surface area contributed by atoms with Crippen molar-refractivity contribution in [2.24, 2.45) is 0 Å². The Morgan fingerprint density at radius 2 is 1.97 bits per heavy atom. The Bertz CT molecular complexity index is 867. The average molecular weight is 419 g/mol. The van der Waals surface area contributed by atoms with Gasteiger partial charge in [0.1, 0.15) is 24.4 Å². The van der Waals surface area contributed by atoms with Gasteiger partial charge < -0.3 is 28.6 Å². The minimum Gasteiger partial charge on any atom is -0.493 e. The first-order valence-corrected chi connectivity index (χ1v) is 10.2. The lowest BCUT2D eigenvalue weighted by atomic mass is 9.62. The van der Waals surface area contributed by atoms with Gasteiger partial charge in [0.25, 0.3) is 0 Å². The second kappa shape index (κ2) is 7.13. The molecule has 0 spiro atoms. The summed E-state index contributed by atoms with van der Waals surface area (Å²) in [6, 6.07) is 5.67. The van der Waals surface area contributed by atoms with Gasteiger partial charge in [-0.05, 0) is 19.9 Å². The lowest BCUT2D eigenvalue weighted by molar-refractivity contribution is -0.171. The molecule has 1 amide bonds. The fourth-order valence-corrected chi connectivity index (χ4v) is 5.03. The Morgan fingerprint density at radius 1 is 1.23 bits per heavy atom. The van der Waals surface area contributed by atoms with E-state index in [1.54, 1.807) is 26.1 Å². The molecule has 1 aliphatic carbocycles. The van der Waals surface area contributed by atoms with Crippen molar-refractivity contribution in [3.8, 4) is 11.5 Å². The summed E-state index contributed by atoms with van der Waals surface area (Å²) in [4.78, 5) is 26.3. The molecule has 0 N–H and O–H groups in total. The number of amides is 1. The van der Waals surface area contributed by atoms with Crippen LogP contribution in [0.3, 0.4) is 0 Å². The third kappa shape index (κ3) is 3.13. The number of benzene rings is 1. The Labute approximate surface area is 176 Å². The number of carbonyl (C=O) groups excluding carboxylic acids is 2. The molecule has 30 heavy (non-hydrogen) atoms. The highest BCUT2D eigenvalue weighted by Gasteiger charge is 2.68. The Morgan fingerprint density at radius 3 is 2.60 bits per heavy atom. The summed E-state index contributed by atoms with van der Waals surface area (Å²) >= 11 is 0. The molecule has 2 heterocycles. The van der Waals surface area contributed by atoms with Gasteiger partial charge in [0.2, 0.25) is 5.91 Å². The van der Waals surface area contributed by atoms with Crippen molar-refractivity contribution in [3.63, 3.8) is 0 Å². The maximum atomic E-state index is 13.0. The number of ether oxygens (including phenoxy) is 5. The van der Waals surface area contributed by atoms with Gasteiger partial charge in [0, 0.05) is 39.4 Å². The van der Waals surface area contributed by atoms with Crippen LogP contribution in [0.4, 0.5) is 0 Å². The molecule has 5 atom stereocenters. The first kappa shape index (κ1) is 20.9. The van der Waals surface area contributed by atoms with E-state index in [-0.39, 0.29) is 12.3 Å². The molecule has 2 aliphatic heterocycles. The first-order chi connectivity index (χ1) is 14.1. The monoisotopic (exact) mass is 419 g/mol. The van der Waals surface area contributed by atoms with E-state index in [0.29, 0.717) is 17.9 Å². The van der Waals surface area contributed by atoms with E-state index < -0.39 is 41.6 Å². The third-order valence-corrected chi connectivity index (χ3v) is 6.24. The molecule has 0 aromatic heterocycles. The maximum Gasteiger partial charge on any atom is 0.302 e. The highest BCUT2D eigenvalue weighted by Crippen LogP contribution is 2.59. The number of hydrogen-bond acceptors (Lipinski definition) is 7. The summed E-state index contributed by atoms with van der Waals surface area (Å²) in [5, 5.41) is 0. The first-order valence-electron chi connectivity index (χ1n) is 10.2. The molecule has 0 radical (unpaired) electrons. The van der Waals surface area contributed by atoms with Crippen molar-refractivity contribution < 1.29 is 33.3 Å². The van der Waals surface area contributed by atoms with Gasteiger partial charge in [-0.15, -0.1) is 0 Å². The zero-order chi connectivity index (χ0) is 21.8. The minimum atomic E-state index is -0.890. The Hall–Kier alpha value is -2.32. The van der Waals surface area contributed by atoms with E-state index >= 15 is 0 Å². The highest BCUT2D eigenvalue weighted by molar-refractivity contribution is 5.79. The molecule has 1 aromatic carbocycles. The number of carbonyl (C=O) groups is 2. The number of para-hydroxylation sites is 1. The topological polar surface area (TPSA) is 83.5 Å². The zero-order valence-corrected chi connectivity index (χ0v) is 18.3. The van der Waals surface area contributed by atoms with E-state index in [1.165, 1.54) is 6.92 Å². The van der Waals surface area contributed by atoms with Gasteiger partial charge in [0.15, 0.2) is 17.3 Å². The summed E-state index contributed by atoms with van der Waals surface area (Å²) in [6.45, 7) is 5.03. The van der Waals surface area contributed by atoms with E-state index in [1.807, 2.05) is 32.0 Å². The lowest BCUT2D eigenvalue weighted by Gasteiger charge is -2.46. The smallest absolute Gasteiger partial charge is 0.302 e. The Kier molecular flexibility index (Phi) is 4.97. The molecular weight excluding hydrogens is 390 g/mol. The molecule has 8 heteroatoms. The molecular formula is C22H29NO7.